The van der Waals surface area contributed by atoms with Crippen LogP contribution in [0.2, 0.25) is 0 Å². The van der Waals surface area contributed by atoms with Crippen LogP contribution in [0, 0.1) is 5.92 Å². The van der Waals surface area contributed by atoms with Crippen molar-refractivity contribution in [2.75, 3.05) is 33.4 Å². The number of methoxy groups -OCH3 is 1. The molecule has 2 N–H and O–H groups in total. The average Bonchev–Trinajstić information content (AvgIpc) is 3.09. The number of nitrogens with zero attached hydrogens (tertiary/aromatic N) is 1. The minimum absolute atomic E-state index is 0.187. The average molecular weight is 350 g/mol. The minimum Gasteiger partial charge on any atom is -0.493 e. The molecule has 1 unspecified atom stereocenters. The zero-order chi connectivity index (χ0) is 18.2. The van der Waals surface area contributed by atoms with Crippen molar-refractivity contribution in [3.63, 3.8) is 0 Å². The Kier molecular flexibility index (Phi) is 6.91. The standard InChI is InChI=1S/C18H26N2O5/c1-3-25-16-11-13(6-7-15(16)24-2)5-4-9-19-18(23)20-10-8-14(12-20)17(21)22/h6-7,11,14H,3-5,8-10,12H2,1-2H3,(H,19,23)(H,21,22). The molecule has 0 radical (unpaired) electrons. The summed E-state index contributed by atoms with van der Waals surface area (Å²) in [5.74, 6) is 0.158. The Morgan fingerprint density at radius 3 is 2.80 bits per heavy atom. The molecule has 2 amide bonds. The van der Waals surface area contributed by atoms with Gasteiger partial charge in [-0.15, -0.1) is 0 Å². The molecule has 7 heteroatoms. The van der Waals surface area contributed by atoms with E-state index in [1.807, 2.05) is 25.1 Å². The molecule has 138 valence electrons. The van der Waals surface area contributed by atoms with E-state index in [-0.39, 0.29) is 12.6 Å². The molecule has 7 nitrogen and oxygen atoms in total. The van der Waals surface area contributed by atoms with Gasteiger partial charge in [0, 0.05) is 19.6 Å². The van der Waals surface area contributed by atoms with Crippen LogP contribution in [0.3, 0.4) is 0 Å². The van der Waals surface area contributed by atoms with Crippen LogP contribution >= 0.6 is 0 Å². The van der Waals surface area contributed by atoms with Crippen molar-refractivity contribution < 1.29 is 24.2 Å². The highest BCUT2D eigenvalue weighted by molar-refractivity contribution is 5.77. The monoisotopic (exact) mass is 350 g/mol. The number of amides is 2. The molecular formula is C18H26N2O5. The van der Waals surface area contributed by atoms with Crippen molar-refractivity contribution in [3.8, 4) is 11.5 Å². The molecule has 2 rings (SSSR count). The van der Waals surface area contributed by atoms with Crippen LogP contribution < -0.4 is 14.8 Å². The molecule has 0 spiro atoms. The number of aliphatic carboxylic acids is 1. The summed E-state index contributed by atoms with van der Waals surface area (Å²) < 4.78 is 10.8. The number of carboxylic acid groups (broad SMARTS) is 1. The Morgan fingerprint density at radius 2 is 2.16 bits per heavy atom. The van der Waals surface area contributed by atoms with Crippen molar-refractivity contribution in [1.29, 1.82) is 0 Å². The van der Waals surface area contributed by atoms with Crippen LogP contribution in [0.4, 0.5) is 4.79 Å². The lowest BCUT2D eigenvalue weighted by Gasteiger charge is -2.16. The SMILES string of the molecule is CCOc1cc(CCCNC(=O)N2CCC(C(=O)O)C2)ccc1OC. The number of likely N-dealkylation sites (tertiary alicyclic amines) is 1. The summed E-state index contributed by atoms with van der Waals surface area (Å²) in [6.07, 6.45) is 2.12. The lowest BCUT2D eigenvalue weighted by molar-refractivity contribution is -0.141. The largest absolute Gasteiger partial charge is 0.493 e. The fourth-order valence-electron chi connectivity index (χ4n) is 2.89. The highest BCUT2D eigenvalue weighted by Crippen LogP contribution is 2.28. The third-order valence-corrected chi connectivity index (χ3v) is 4.27. The van der Waals surface area contributed by atoms with Crippen LogP contribution in [0.25, 0.3) is 0 Å². The van der Waals surface area contributed by atoms with Crippen molar-refractivity contribution >= 4 is 12.0 Å². The Morgan fingerprint density at radius 1 is 1.36 bits per heavy atom. The molecule has 0 saturated carbocycles. The Bertz CT molecular complexity index is 605. The van der Waals surface area contributed by atoms with Crippen molar-refractivity contribution in [1.82, 2.24) is 10.2 Å². The van der Waals surface area contributed by atoms with E-state index in [0.717, 1.165) is 24.2 Å². The highest BCUT2D eigenvalue weighted by Gasteiger charge is 2.30. The Balaban J connectivity index is 1.75. The number of carboxylic acids is 1. The van der Waals surface area contributed by atoms with E-state index in [9.17, 15) is 9.59 Å². The second-order valence-electron chi connectivity index (χ2n) is 6.02. The van der Waals surface area contributed by atoms with Gasteiger partial charge < -0.3 is 24.8 Å². The van der Waals surface area contributed by atoms with Crippen LogP contribution in [0.1, 0.15) is 25.3 Å². The van der Waals surface area contributed by atoms with Gasteiger partial charge in [-0.25, -0.2) is 4.79 Å². The third-order valence-electron chi connectivity index (χ3n) is 4.27. The first-order valence-electron chi connectivity index (χ1n) is 8.60. The maximum absolute atomic E-state index is 12.0. The van der Waals surface area contributed by atoms with Crippen LogP contribution in [0.5, 0.6) is 11.5 Å². The van der Waals surface area contributed by atoms with Gasteiger partial charge in [0.25, 0.3) is 0 Å². The molecule has 1 aliphatic rings. The van der Waals surface area contributed by atoms with Gasteiger partial charge in [0.15, 0.2) is 11.5 Å². The number of carbonyl (C=O) groups is 2. The number of carbonyl (C=O) groups excluding carboxylic acids is 1. The first-order chi connectivity index (χ1) is 12.0. The van der Waals surface area contributed by atoms with Gasteiger partial charge in [0.1, 0.15) is 0 Å². The molecule has 1 aromatic rings. The van der Waals surface area contributed by atoms with E-state index in [2.05, 4.69) is 5.32 Å². The normalized spacial score (nSPS) is 16.6. The van der Waals surface area contributed by atoms with E-state index in [1.54, 1.807) is 12.0 Å². The quantitative estimate of drug-likeness (QED) is 0.701. The van der Waals surface area contributed by atoms with Gasteiger partial charge in [0.2, 0.25) is 0 Å². The van der Waals surface area contributed by atoms with Crippen molar-refractivity contribution in [2.45, 2.75) is 26.2 Å². The predicted octanol–water partition coefficient (Wildman–Crippen LogP) is 2.14. The van der Waals surface area contributed by atoms with E-state index in [0.29, 0.717) is 31.9 Å². The lowest BCUT2D eigenvalue weighted by Crippen LogP contribution is -2.39. The number of nitrogens with one attached hydrogen (secondary N) is 1. The van der Waals surface area contributed by atoms with Gasteiger partial charge in [0.05, 0.1) is 19.6 Å². The topological polar surface area (TPSA) is 88.1 Å². The van der Waals surface area contributed by atoms with Crippen LogP contribution in [-0.2, 0) is 11.2 Å². The highest BCUT2D eigenvalue weighted by atomic mass is 16.5. The fourth-order valence-corrected chi connectivity index (χ4v) is 2.89. The van der Waals surface area contributed by atoms with Gasteiger partial charge >= 0.3 is 12.0 Å². The number of hydrogen-bond donors (Lipinski definition) is 2. The molecule has 1 saturated heterocycles. The van der Waals surface area contributed by atoms with E-state index in [1.165, 1.54) is 0 Å². The molecule has 0 aromatic heterocycles. The number of rotatable bonds is 8. The van der Waals surface area contributed by atoms with Gasteiger partial charge in [-0.1, -0.05) is 6.07 Å². The molecule has 1 aliphatic heterocycles. The smallest absolute Gasteiger partial charge is 0.317 e. The number of ether oxygens (including phenoxy) is 2. The number of benzene rings is 1. The summed E-state index contributed by atoms with van der Waals surface area (Å²) in [6, 6.07) is 5.65. The maximum atomic E-state index is 12.0. The predicted molar refractivity (Wildman–Crippen MR) is 93.2 cm³/mol. The van der Waals surface area contributed by atoms with Crippen LogP contribution in [0.15, 0.2) is 18.2 Å². The van der Waals surface area contributed by atoms with Gasteiger partial charge in [-0.2, -0.15) is 0 Å². The second kappa shape index (κ2) is 9.15. The fraction of sp³-hybridized carbons (Fsp3) is 0.556. The Hall–Kier alpha value is -2.44. The summed E-state index contributed by atoms with van der Waals surface area (Å²) >= 11 is 0. The zero-order valence-electron chi connectivity index (χ0n) is 14.8. The van der Waals surface area contributed by atoms with Crippen LogP contribution in [-0.4, -0.2) is 55.4 Å². The third kappa shape index (κ3) is 5.27. The molecule has 1 fully saturated rings. The summed E-state index contributed by atoms with van der Waals surface area (Å²) in [4.78, 5) is 24.5. The molecule has 1 heterocycles. The molecule has 25 heavy (non-hydrogen) atoms. The summed E-state index contributed by atoms with van der Waals surface area (Å²) in [6.45, 7) is 3.83. The van der Waals surface area contributed by atoms with E-state index < -0.39 is 11.9 Å². The number of urea groups is 1. The summed E-state index contributed by atoms with van der Waals surface area (Å²) in [5, 5.41) is 11.8. The second-order valence-corrected chi connectivity index (χ2v) is 6.02. The molecule has 0 aliphatic carbocycles. The van der Waals surface area contributed by atoms with Crippen molar-refractivity contribution in [3.05, 3.63) is 23.8 Å². The lowest BCUT2D eigenvalue weighted by atomic mass is 10.1. The first-order valence-corrected chi connectivity index (χ1v) is 8.60. The zero-order valence-corrected chi connectivity index (χ0v) is 14.8. The Labute approximate surface area is 147 Å². The summed E-state index contributed by atoms with van der Waals surface area (Å²) in [7, 11) is 1.61. The number of aryl methyl sites for hydroxylation is 1. The van der Waals surface area contributed by atoms with E-state index in [4.69, 9.17) is 14.6 Å². The number of hydrogen-bond acceptors (Lipinski definition) is 4. The van der Waals surface area contributed by atoms with Crippen molar-refractivity contribution in [2.24, 2.45) is 5.92 Å². The van der Waals surface area contributed by atoms with E-state index >= 15 is 0 Å². The molecular weight excluding hydrogens is 324 g/mol. The van der Waals surface area contributed by atoms with Gasteiger partial charge in [-0.05, 0) is 43.9 Å². The molecule has 1 aromatic carbocycles. The molecule has 0 bridgehead atoms. The maximum Gasteiger partial charge on any atom is 0.317 e. The molecule has 1 atom stereocenters. The van der Waals surface area contributed by atoms with Gasteiger partial charge in [-0.3, -0.25) is 4.79 Å². The minimum atomic E-state index is -0.833. The first kappa shape index (κ1) is 18.9. The summed E-state index contributed by atoms with van der Waals surface area (Å²) in [5.41, 5.74) is 1.12.